The molecule has 19 heteroatoms. The molecule has 0 aromatic rings. The van der Waals surface area contributed by atoms with Gasteiger partial charge in [0.25, 0.3) is 0 Å². The fraction of sp³-hybridized carbons (Fsp3) is 0.891. The Hall–Kier alpha value is -1.99. The molecule has 3 saturated heterocycles. The normalized spacial score (nSPS) is 29.6. The topological polar surface area (TPSA) is 307 Å². The van der Waals surface area contributed by atoms with Crippen molar-refractivity contribution < 1.29 is 89.4 Å². The molecule has 0 spiro atoms. The molecule has 3 fully saturated rings. The number of carbonyl (C=O) groups excluding carboxylic acids is 1. The van der Waals surface area contributed by atoms with Crippen LogP contribution in [0.3, 0.4) is 0 Å². The lowest BCUT2D eigenvalue weighted by molar-refractivity contribution is -0.379. The first-order valence-corrected chi connectivity index (χ1v) is 32.7. The van der Waals surface area contributed by atoms with Crippen LogP contribution in [0.1, 0.15) is 232 Å². The SMILES string of the molecule is CCCC/C=C\C/C=C\CCCCCCCC(=O)NC(COC1OC(CO)C(OC2OC(CO)C(OC3OC(CO)C(O)C(O)C3O)C(O)C2O)C(O)C1O)C(O)/C=C/CCCCCCCCCCCCCCCCCCCCCCCC. The molecule has 19 nitrogen and oxygen atoms in total. The average Bonchev–Trinajstić information content (AvgIpc) is 3.19. The van der Waals surface area contributed by atoms with E-state index >= 15 is 0 Å². The molecule has 1 amide bonds. The van der Waals surface area contributed by atoms with Crippen molar-refractivity contribution in [2.24, 2.45) is 0 Å². The summed E-state index contributed by atoms with van der Waals surface area (Å²) in [5, 5.41) is 120. The number of hydrogen-bond donors (Lipinski definition) is 12. The fourth-order valence-corrected chi connectivity index (χ4v) is 11.0. The van der Waals surface area contributed by atoms with E-state index in [2.05, 4.69) is 43.5 Å². The minimum absolute atomic E-state index is 0.227. The molecule has 3 heterocycles. The van der Waals surface area contributed by atoms with Crippen LogP contribution in [0.5, 0.6) is 0 Å². The summed E-state index contributed by atoms with van der Waals surface area (Å²) in [6.45, 7) is 1.68. The van der Waals surface area contributed by atoms with Crippen molar-refractivity contribution in [3.05, 3.63) is 36.5 Å². The van der Waals surface area contributed by atoms with Gasteiger partial charge in [-0.25, -0.2) is 0 Å². The average molecular weight is 1190 g/mol. The zero-order valence-corrected chi connectivity index (χ0v) is 50.9. The van der Waals surface area contributed by atoms with E-state index in [9.17, 15) is 61.0 Å². The second-order valence-corrected chi connectivity index (χ2v) is 23.6. The van der Waals surface area contributed by atoms with Crippen molar-refractivity contribution >= 4 is 5.91 Å². The number of ether oxygens (including phenoxy) is 6. The first kappa shape index (κ1) is 75.3. The molecule has 12 N–H and O–H groups in total. The molecule has 3 aliphatic rings. The van der Waals surface area contributed by atoms with Gasteiger partial charge in [-0.2, -0.15) is 0 Å². The quantitative estimate of drug-likeness (QED) is 0.0211. The molecule has 17 unspecified atom stereocenters. The van der Waals surface area contributed by atoms with Gasteiger partial charge in [0.15, 0.2) is 18.9 Å². The van der Waals surface area contributed by atoms with Gasteiger partial charge in [0.05, 0.1) is 38.6 Å². The second kappa shape index (κ2) is 47.1. The monoisotopic (exact) mass is 1190 g/mol. The van der Waals surface area contributed by atoms with Gasteiger partial charge in [-0.05, 0) is 44.9 Å². The van der Waals surface area contributed by atoms with Crippen molar-refractivity contribution in [2.75, 3.05) is 26.4 Å². The minimum Gasteiger partial charge on any atom is -0.394 e. The van der Waals surface area contributed by atoms with Crippen LogP contribution in [-0.4, -0.2) is 193 Å². The molecular formula is C64H117NO18. The van der Waals surface area contributed by atoms with E-state index in [1.54, 1.807) is 6.08 Å². The summed E-state index contributed by atoms with van der Waals surface area (Å²) < 4.78 is 34.3. The molecule has 486 valence electrons. The van der Waals surface area contributed by atoms with Crippen LogP contribution in [0.15, 0.2) is 36.5 Å². The maximum absolute atomic E-state index is 13.3. The first-order valence-electron chi connectivity index (χ1n) is 32.7. The third-order valence-electron chi connectivity index (χ3n) is 16.4. The Balaban J connectivity index is 1.46. The van der Waals surface area contributed by atoms with E-state index in [0.29, 0.717) is 6.42 Å². The smallest absolute Gasteiger partial charge is 0.220 e. The van der Waals surface area contributed by atoms with Crippen LogP contribution in [0, 0.1) is 0 Å². The molecule has 0 aromatic carbocycles. The fourth-order valence-electron chi connectivity index (χ4n) is 11.0. The van der Waals surface area contributed by atoms with E-state index < -0.39 is 124 Å². The van der Waals surface area contributed by atoms with E-state index in [4.69, 9.17) is 28.4 Å². The Kier molecular flexibility index (Phi) is 42.7. The van der Waals surface area contributed by atoms with Crippen LogP contribution < -0.4 is 5.32 Å². The van der Waals surface area contributed by atoms with Crippen LogP contribution in [0.2, 0.25) is 0 Å². The molecule has 17 atom stereocenters. The molecule has 83 heavy (non-hydrogen) atoms. The lowest BCUT2D eigenvalue weighted by Gasteiger charge is -2.48. The third-order valence-corrected chi connectivity index (χ3v) is 16.4. The van der Waals surface area contributed by atoms with Gasteiger partial charge >= 0.3 is 0 Å². The zero-order valence-electron chi connectivity index (χ0n) is 50.9. The maximum Gasteiger partial charge on any atom is 0.220 e. The highest BCUT2D eigenvalue weighted by atomic mass is 16.8. The van der Waals surface area contributed by atoms with Crippen molar-refractivity contribution in [2.45, 2.75) is 336 Å². The molecule has 0 aromatic heterocycles. The molecule has 0 aliphatic carbocycles. The van der Waals surface area contributed by atoms with Gasteiger partial charge in [0.2, 0.25) is 5.91 Å². The van der Waals surface area contributed by atoms with Gasteiger partial charge in [0.1, 0.15) is 73.2 Å². The molecule has 0 radical (unpaired) electrons. The number of nitrogens with one attached hydrogen (secondary N) is 1. The number of allylic oxidation sites excluding steroid dienone is 5. The first-order chi connectivity index (χ1) is 40.3. The lowest BCUT2D eigenvalue weighted by atomic mass is 9.96. The highest BCUT2D eigenvalue weighted by molar-refractivity contribution is 5.76. The summed E-state index contributed by atoms with van der Waals surface area (Å²) in [5.41, 5.74) is 0. The highest BCUT2D eigenvalue weighted by Crippen LogP contribution is 2.33. The summed E-state index contributed by atoms with van der Waals surface area (Å²) in [7, 11) is 0. The van der Waals surface area contributed by atoms with E-state index in [1.165, 1.54) is 135 Å². The van der Waals surface area contributed by atoms with Crippen LogP contribution in [0.4, 0.5) is 0 Å². The van der Waals surface area contributed by atoms with Gasteiger partial charge in [-0.15, -0.1) is 0 Å². The van der Waals surface area contributed by atoms with Gasteiger partial charge in [-0.3, -0.25) is 4.79 Å². The Bertz CT molecular complexity index is 1660. The van der Waals surface area contributed by atoms with Gasteiger partial charge in [0, 0.05) is 6.42 Å². The van der Waals surface area contributed by atoms with E-state index in [1.807, 2.05) is 6.08 Å². The highest BCUT2D eigenvalue weighted by Gasteiger charge is 2.53. The maximum atomic E-state index is 13.3. The predicted octanol–water partition coefficient (Wildman–Crippen LogP) is 7.27. The number of rotatable bonds is 49. The summed E-state index contributed by atoms with van der Waals surface area (Å²) in [5.74, 6) is -0.289. The van der Waals surface area contributed by atoms with Crippen molar-refractivity contribution in [1.82, 2.24) is 5.32 Å². The molecule has 0 saturated carbocycles. The van der Waals surface area contributed by atoms with Gasteiger partial charge in [-0.1, -0.05) is 217 Å². The van der Waals surface area contributed by atoms with Crippen molar-refractivity contribution in [3.63, 3.8) is 0 Å². The molecular weight excluding hydrogens is 1070 g/mol. The Morgan fingerprint density at radius 2 is 0.807 bits per heavy atom. The van der Waals surface area contributed by atoms with Crippen molar-refractivity contribution in [1.29, 1.82) is 0 Å². The van der Waals surface area contributed by atoms with E-state index in [-0.39, 0.29) is 18.9 Å². The van der Waals surface area contributed by atoms with E-state index in [0.717, 1.165) is 70.6 Å². The zero-order chi connectivity index (χ0) is 60.5. The summed E-state index contributed by atoms with van der Waals surface area (Å²) in [4.78, 5) is 13.3. The molecule has 3 aliphatic heterocycles. The lowest BCUT2D eigenvalue weighted by Crippen LogP contribution is -2.66. The number of amides is 1. The van der Waals surface area contributed by atoms with Crippen LogP contribution >= 0.6 is 0 Å². The number of aliphatic hydroxyl groups is 11. The third kappa shape index (κ3) is 30.2. The predicted molar refractivity (Wildman–Crippen MR) is 319 cm³/mol. The summed E-state index contributed by atoms with van der Waals surface area (Å²) in [6, 6.07) is -0.980. The summed E-state index contributed by atoms with van der Waals surface area (Å²) >= 11 is 0. The van der Waals surface area contributed by atoms with Gasteiger partial charge < -0.3 is 89.9 Å². The molecule has 3 rings (SSSR count). The van der Waals surface area contributed by atoms with Crippen LogP contribution in [0.25, 0.3) is 0 Å². The number of unbranched alkanes of at least 4 members (excludes halogenated alkanes) is 29. The number of aliphatic hydroxyl groups excluding tert-OH is 11. The summed E-state index contributed by atoms with van der Waals surface area (Å²) in [6.07, 6.45) is 25.5. The van der Waals surface area contributed by atoms with Crippen LogP contribution in [-0.2, 0) is 33.2 Å². The minimum atomic E-state index is -1.98. The Morgan fingerprint density at radius 1 is 0.434 bits per heavy atom. The second-order valence-electron chi connectivity index (χ2n) is 23.6. The van der Waals surface area contributed by atoms with Crippen molar-refractivity contribution in [3.8, 4) is 0 Å². The Morgan fingerprint density at radius 3 is 1.27 bits per heavy atom. The molecule has 0 bridgehead atoms. The number of carbonyl (C=O) groups is 1. The largest absolute Gasteiger partial charge is 0.394 e. The Labute approximate surface area is 498 Å². The number of hydrogen-bond acceptors (Lipinski definition) is 18. The standard InChI is InChI=1S/C64H117NO18/c1-3-5-7-9-11-13-15-17-19-20-21-22-23-24-25-26-27-28-29-31-33-35-37-39-41-48(69)47(65-52(70)42-40-38-36-34-32-30-18-16-14-12-10-8-6-4-2)46-78-62-58(76)55(73)60(50(44-67)80-62)83-64-59(77)56(74)61(51(45-68)81-64)82-63-57(75)54(72)53(71)49(43-66)79-63/h10,12,16,18,39,41,47-51,53-64,66-69,71-77H,3-9,11,13-15,17,19-38,40,42-46H2,1-2H3,(H,65,70)/b12-10-,18-16-,41-39+.